The smallest absolute Gasteiger partial charge is 0.270 e. The van der Waals surface area contributed by atoms with Crippen molar-refractivity contribution in [2.75, 3.05) is 25.0 Å². The van der Waals surface area contributed by atoms with Crippen molar-refractivity contribution in [3.05, 3.63) is 64.2 Å². The molecule has 3 N–H and O–H groups in total. The molecule has 11 heteroatoms. The number of fused-ring (bicyclic) bond motifs is 1. The molecule has 1 unspecified atom stereocenters. The number of hydrogen-bond acceptors (Lipinski definition) is 9. The van der Waals surface area contributed by atoms with Gasteiger partial charge in [0, 0.05) is 38.3 Å². The molecule has 3 heterocycles. The first-order chi connectivity index (χ1) is 18.5. The first-order valence-electron chi connectivity index (χ1n) is 13.1. The lowest BCUT2D eigenvalue weighted by atomic mass is 9.99. The van der Waals surface area contributed by atoms with Crippen LogP contribution in [0.15, 0.2) is 35.3 Å². The maximum absolute atomic E-state index is 12.6. The van der Waals surface area contributed by atoms with Crippen LogP contribution >= 0.6 is 11.6 Å². The van der Waals surface area contributed by atoms with Crippen LogP contribution in [0.2, 0.25) is 5.02 Å². The monoisotopic (exact) mass is 540 g/mol. The fraction of sp³-hybridized carbons (Fsp3) is 0.481. The number of nitrogens with zero attached hydrogens (tertiary/aromatic N) is 4. The Morgan fingerprint density at radius 2 is 2.13 bits per heavy atom. The third kappa shape index (κ3) is 6.43. The zero-order chi connectivity index (χ0) is 26.5. The van der Waals surface area contributed by atoms with Gasteiger partial charge in [-0.1, -0.05) is 30.5 Å². The number of carbonyl (C=O) groups excluding carboxylic acids is 1. The lowest BCUT2D eigenvalue weighted by Gasteiger charge is -2.31. The first kappa shape index (κ1) is 26.4. The largest absolute Gasteiger partial charge is 0.484 e. The van der Waals surface area contributed by atoms with E-state index in [4.69, 9.17) is 20.8 Å². The highest BCUT2D eigenvalue weighted by Crippen LogP contribution is 2.34. The molecule has 1 fully saturated rings. The number of anilines is 1. The molecule has 0 bridgehead atoms. The maximum Gasteiger partial charge on any atom is 0.270 e. The minimum absolute atomic E-state index is 0.131. The summed E-state index contributed by atoms with van der Waals surface area (Å²) in [5.74, 6) is 1.62. The molecule has 1 amide bonds. The van der Waals surface area contributed by atoms with Gasteiger partial charge < -0.3 is 24.9 Å². The Kier molecular flexibility index (Phi) is 8.41. The number of ether oxygens (including phenoxy) is 1. The van der Waals surface area contributed by atoms with Gasteiger partial charge >= 0.3 is 0 Å². The maximum atomic E-state index is 12.6. The summed E-state index contributed by atoms with van der Waals surface area (Å²) in [6.45, 7) is 4.09. The third-order valence-corrected chi connectivity index (χ3v) is 7.57. The Balaban J connectivity index is 1.10. The molecular formula is C27H33ClN6O4. The minimum atomic E-state index is -0.721. The van der Waals surface area contributed by atoms with Crippen molar-refractivity contribution in [1.82, 2.24) is 25.2 Å². The second-order valence-electron chi connectivity index (χ2n) is 9.93. The van der Waals surface area contributed by atoms with Crippen LogP contribution in [0.5, 0.6) is 5.75 Å². The van der Waals surface area contributed by atoms with E-state index in [1.807, 2.05) is 19.1 Å². The Morgan fingerprint density at radius 1 is 1.29 bits per heavy atom. The standard InChI is InChI=1S/C27H33ClN6O4/c1-17-24(38-16-32-17)14-37-23-7-6-18-12-34(9-8-21(18)26(23)28)13-20(35)11-29-27(36)22-10-25(31-15-30-22)33-19-4-2-3-5-19/h6-7,10,15-16,19-20,35H,2-5,8-9,11-14H2,1H3,(H,29,36)(H,30,31,33). The van der Waals surface area contributed by atoms with Crippen LogP contribution in [0.1, 0.15) is 58.8 Å². The normalized spacial score (nSPS) is 16.7. The summed E-state index contributed by atoms with van der Waals surface area (Å²) in [5, 5.41) is 17.4. The molecule has 1 saturated carbocycles. The van der Waals surface area contributed by atoms with Crippen LogP contribution in [-0.2, 0) is 19.6 Å². The number of halogens is 1. The number of benzene rings is 1. The highest BCUT2D eigenvalue weighted by Gasteiger charge is 2.23. The van der Waals surface area contributed by atoms with Crippen LogP contribution in [0, 0.1) is 6.92 Å². The fourth-order valence-corrected chi connectivity index (χ4v) is 5.36. The summed E-state index contributed by atoms with van der Waals surface area (Å²) in [6.07, 6.45) is 7.47. The number of carbonyl (C=O) groups is 1. The summed E-state index contributed by atoms with van der Waals surface area (Å²) in [7, 11) is 0. The molecule has 38 heavy (non-hydrogen) atoms. The van der Waals surface area contributed by atoms with Crippen molar-refractivity contribution < 1.29 is 19.1 Å². The topological polar surface area (TPSA) is 126 Å². The molecule has 1 aromatic carbocycles. The molecule has 2 aliphatic rings. The van der Waals surface area contributed by atoms with Gasteiger partial charge in [-0.05, 0) is 43.4 Å². The molecule has 10 nitrogen and oxygen atoms in total. The Bertz CT molecular complexity index is 1260. The van der Waals surface area contributed by atoms with E-state index < -0.39 is 6.10 Å². The third-order valence-electron chi connectivity index (χ3n) is 7.15. The molecule has 202 valence electrons. The fourth-order valence-electron chi connectivity index (χ4n) is 5.03. The van der Waals surface area contributed by atoms with Gasteiger partial charge in [-0.2, -0.15) is 0 Å². The zero-order valence-electron chi connectivity index (χ0n) is 21.5. The van der Waals surface area contributed by atoms with E-state index in [1.165, 1.54) is 25.6 Å². The quantitative estimate of drug-likeness (QED) is 0.354. The van der Waals surface area contributed by atoms with Crippen molar-refractivity contribution in [2.24, 2.45) is 0 Å². The van der Waals surface area contributed by atoms with E-state index in [0.717, 1.165) is 42.6 Å². The lowest BCUT2D eigenvalue weighted by molar-refractivity contribution is 0.0838. The number of nitrogens with one attached hydrogen (secondary N) is 2. The molecule has 0 radical (unpaired) electrons. The Morgan fingerprint density at radius 3 is 2.92 bits per heavy atom. The molecule has 0 spiro atoms. The second-order valence-corrected chi connectivity index (χ2v) is 10.3. The van der Waals surface area contributed by atoms with E-state index in [2.05, 4.69) is 30.5 Å². The predicted molar refractivity (Wildman–Crippen MR) is 142 cm³/mol. The van der Waals surface area contributed by atoms with Gasteiger partial charge in [-0.3, -0.25) is 9.69 Å². The summed E-state index contributed by atoms with van der Waals surface area (Å²) >= 11 is 6.66. The number of amides is 1. The van der Waals surface area contributed by atoms with Gasteiger partial charge in [0.15, 0.2) is 12.2 Å². The predicted octanol–water partition coefficient (Wildman–Crippen LogP) is 3.51. The molecule has 1 atom stereocenters. The second kappa shape index (κ2) is 12.1. The van der Waals surface area contributed by atoms with E-state index in [-0.39, 0.29) is 24.8 Å². The number of aliphatic hydroxyl groups excluding tert-OH is 1. The number of hydrogen-bond donors (Lipinski definition) is 3. The van der Waals surface area contributed by atoms with Crippen molar-refractivity contribution in [2.45, 2.75) is 64.3 Å². The molecule has 3 aromatic rings. The number of aryl methyl sites for hydroxylation is 1. The van der Waals surface area contributed by atoms with Crippen LogP contribution < -0.4 is 15.4 Å². The average molecular weight is 541 g/mol. The Hall–Kier alpha value is -3.21. The molecule has 1 aliphatic carbocycles. The molecule has 0 saturated heterocycles. The average Bonchev–Trinajstić information content (AvgIpc) is 3.58. The Labute approximate surface area is 226 Å². The minimum Gasteiger partial charge on any atom is -0.484 e. The zero-order valence-corrected chi connectivity index (χ0v) is 22.2. The number of aromatic nitrogens is 3. The summed E-state index contributed by atoms with van der Waals surface area (Å²) < 4.78 is 11.2. The summed E-state index contributed by atoms with van der Waals surface area (Å²) in [4.78, 5) is 27.2. The highest BCUT2D eigenvalue weighted by molar-refractivity contribution is 6.33. The van der Waals surface area contributed by atoms with Crippen LogP contribution in [0.4, 0.5) is 5.82 Å². The molecule has 2 aromatic heterocycles. The van der Waals surface area contributed by atoms with E-state index in [9.17, 15) is 9.90 Å². The van der Waals surface area contributed by atoms with Crippen LogP contribution in [-0.4, -0.2) is 62.6 Å². The van der Waals surface area contributed by atoms with Gasteiger partial charge in [0.25, 0.3) is 5.91 Å². The summed E-state index contributed by atoms with van der Waals surface area (Å²) in [5.41, 5.74) is 3.24. The summed E-state index contributed by atoms with van der Waals surface area (Å²) in [6, 6.07) is 5.94. The molecular weight excluding hydrogens is 508 g/mol. The number of aliphatic hydroxyl groups is 1. The van der Waals surface area contributed by atoms with E-state index in [0.29, 0.717) is 41.5 Å². The highest BCUT2D eigenvalue weighted by atomic mass is 35.5. The van der Waals surface area contributed by atoms with E-state index >= 15 is 0 Å². The molecule has 5 rings (SSSR count). The van der Waals surface area contributed by atoms with E-state index in [1.54, 1.807) is 6.07 Å². The number of β-amino-alcohol motifs (C(OH)–C–C–N with tert-alkyl or cyclic N) is 1. The van der Waals surface area contributed by atoms with Crippen molar-refractivity contribution in [3.63, 3.8) is 0 Å². The van der Waals surface area contributed by atoms with Crippen molar-refractivity contribution in [3.8, 4) is 5.75 Å². The van der Waals surface area contributed by atoms with Crippen molar-refractivity contribution in [1.29, 1.82) is 0 Å². The van der Waals surface area contributed by atoms with Gasteiger partial charge in [-0.25, -0.2) is 15.0 Å². The molecule has 1 aliphatic heterocycles. The van der Waals surface area contributed by atoms with Crippen LogP contribution in [0.3, 0.4) is 0 Å². The van der Waals surface area contributed by atoms with Gasteiger partial charge in [-0.15, -0.1) is 0 Å². The first-order valence-corrected chi connectivity index (χ1v) is 13.4. The van der Waals surface area contributed by atoms with Gasteiger partial charge in [0.05, 0.1) is 16.8 Å². The van der Waals surface area contributed by atoms with Crippen LogP contribution in [0.25, 0.3) is 0 Å². The van der Waals surface area contributed by atoms with Gasteiger partial charge in [0.2, 0.25) is 0 Å². The van der Waals surface area contributed by atoms with Gasteiger partial charge in [0.1, 0.15) is 30.2 Å². The van der Waals surface area contributed by atoms with Crippen molar-refractivity contribution >= 4 is 23.3 Å². The number of rotatable bonds is 10. The number of oxazole rings is 1. The SMILES string of the molecule is Cc1ncoc1COc1ccc2c(c1Cl)CCN(CC(O)CNC(=O)c1cc(NC3CCCC3)ncn1)C2. The lowest BCUT2D eigenvalue weighted by Crippen LogP contribution is -2.42.